The summed E-state index contributed by atoms with van der Waals surface area (Å²) >= 11 is 0.854. The molecule has 0 aromatic heterocycles. The van der Waals surface area contributed by atoms with E-state index in [4.69, 9.17) is 15.3 Å². The van der Waals surface area contributed by atoms with Gasteiger partial charge in [-0.3, -0.25) is 0 Å². The van der Waals surface area contributed by atoms with Crippen molar-refractivity contribution in [2.75, 3.05) is 0 Å². The summed E-state index contributed by atoms with van der Waals surface area (Å²) in [6, 6.07) is 0. The normalized spacial score (nSPS) is 12.0. The molecule has 0 aliphatic heterocycles. The fourth-order valence-electron chi connectivity index (χ4n) is 0. The Hall–Kier alpha value is 0.423. The van der Waals surface area contributed by atoms with Gasteiger partial charge in [0.2, 0.25) is 0 Å². The van der Waals surface area contributed by atoms with Crippen molar-refractivity contribution < 1.29 is 15.3 Å². The Kier molecular flexibility index (Phi) is 1.36. The Morgan fingerprint density at radius 1 is 1.20 bits per heavy atom. The van der Waals surface area contributed by atoms with Gasteiger partial charge in [-0.15, -0.1) is 0 Å². The quantitative estimate of drug-likeness (QED) is 0.260. The van der Waals surface area contributed by atoms with E-state index in [1.807, 2.05) is 0 Å². The number of aliphatic hydroxyl groups is 3. The predicted octanol–water partition coefficient (Wildman–Crippen LogP) is -2.26. The molecule has 0 bridgehead atoms. The van der Waals surface area contributed by atoms with Gasteiger partial charge in [0, 0.05) is 0 Å². The van der Waals surface area contributed by atoms with Crippen molar-refractivity contribution in [2.24, 2.45) is 0 Å². The summed E-state index contributed by atoms with van der Waals surface area (Å²) < 4.78 is 0. The fourth-order valence-corrected chi connectivity index (χ4v) is 0. The molecule has 0 unspecified atom stereocenters. The van der Waals surface area contributed by atoms with E-state index in [1.165, 1.54) is 0 Å². The zero-order valence-electron chi connectivity index (χ0n) is 2.34. The van der Waals surface area contributed by atoms with Crippen molar-refractivity contribution in [1.82, 2.24) is 0 Å². The maximum absolute atomic E-state index is 7.63. The number of rotatable bonds is 0. The Morgan fingerprint density at radius 3 is 1.20 bits per heavy atom. The first-order valence-electron chi connectivity index (χ1n) is 0.921. The summed E-state index contributed by atoms with van der Waals surface area (Å²) in [5, 5.41) is 22.9. The first-order chi connectivity index (χ1) is 2.00. The molecule has 0 spiro atoms. The van der Waals surface area contributed by atoms with Crippen LogP contribution in [0.5, 0.6) is 0 Å². The van der Waals surface area contributed by atoms with Crippen molar-refractivity contribution in [3.8, 4) is 0 Å². The van der Waals surface area contributed by atoms with E-state index in [0.717, 1.165) is 16.5 Å². The van der Waals surface area contributed by atoms with E-state index in [-0.39, 0.29) is 0 Å². The van der Waals surface area contributed by atoms with E-state index in [0.29, 0.717) is 0 Å². The van der Waals surface area contributed by atoms with Crippen LogP contribution in [0.1, 0.15) is 0 Å². The molecule has 0 aromatic carbocycles. The third-order valence-corrected chi connectivity index (χ3v) is 0. The van der Waals surface area contributed by atoms with Crippen LogP contribution < -0.4 is 0 Å². The van der Waals surface area contributed by atoms with Gasteiger partial charge in [0.05, 0.1) is 0 Å². The van der Waals surface area contributed by atoms with Gasteiger partial charge in [-0.25, -0.2) is 0 Å². The second-order valence-corrected chi connectivity index (χ2v) is 2.04. The Labute approximate surface area is 37.5 Å². The van der Waals surface area contributed by atoms with Gasteiger partial charge < -0.3 is 0 Å². The molecular weight excluding hydrogens is 133 g/mol. The van der Waals surface area contributed by atoms with Crippen LogP contribution in [0.3, 0.4) is 0 Å². The summed E-state index contributed by atoms with van der Waals surface area (Å²) in [6.07, 6.45) is 0. The van der Waals surface area contributed by atoms with Gasteiger partial charge in [0.15, 0.2) is 0 Å². The van der Waals surface area contributed by atoms with Crippen LogP contribution in [0, 0.1) is 0 Å². The molecule has 3 nitrogen and oxygen atoms in total. The molecule has 0 aromatic rings. The molecule has 0 heterocycles. The van der Waals surface area contributed by atoms with Crippen LogP contribution in [-0.2, 0) is 0 Å². The summed E-state index contributed by atoms with van der Waals surface area (Å²) in [7, 11) is 0. The van der Waals surface area contributed by atoms with Gasteiger partial charge in [-0.2, -0.15) is 0 Å². The maximum atomic E-state index is 7.63. The molecule has 0 saturated carbocycles. The average Bonchev–Trinajstić information content (AvgIpc) is 0.722. The van der Waals surface area contributed by atoms with E-state index >= 15 is 0 Å². The molecule has 29 valence electrons. The van der Waals surface area contributed by atoms with Gasteiger partial charge in [-0.05, 0) is 0 Å². The summed E-state index contributed by atoms with van der Waals surface area (Å²) in [5.74, 6) is 0. The van der Waals surface area contributed by atoms with Gasteiger partial charge in [0.1, 0.15) is 0 Å². The van der Waals surface area contributed by atoms with E-state index in [2.05, 4.69) is 0 Å². The Balaban J connectivity index is 3.02. The van der Waals surface area contributed by atoms with Crippen LogP contribution in [-0.4, -0.2) is 36.6 Å². The van der Waals surface area contributed by atoms with Crippen molar-refractivity contribution in [3.05, 3.63) is 0 Å². The van der Waals surface area contributed by atoms with Crippen molar-refractivity contribution >= 4 is 16.5 Å². The first-order valence-corrected chi connectivity index (χ1v) is 1.97. The van der Waals surface area contributed by atoms with E-state index in [1.54, 1.807) is 0 Å². The molecule has 0 aliphatic rings. The van der Waals surface area contributed by atoms with Gasteiger partial charge in [0.25, 0.3) is 0 Å². The zero-order valence-corrected chi connectivity index (χ0v) is 4.44. The molecule has 0 atom stereocenters. The molecule has 0 fully saturated rings. The summed E-state index contributed by atoms with van der Waals surface area (Å²) in [5.41, 5.74) is 0. The fraction of sp³-hybridized carbons (Fsp3) is 1.00. The molecular formula is CH3GeO3. The molecule has 0 rings (SSSR count). The molecule has 4 heteroatoms. The summed E-state index contributed by atoms with van der Waals surface area (Å²) in [4.78, 5) is -2.50. The van der Waals surface area contributed by atoms with E-state index in [9.17, 15) is 0 Å². The minimum atomic E-state index is -2.50. The predicted molar refractivity (Wildman–Crippen MR) is 15.1 cm³/mol. The standard InChI is InChI=1S/CH3GeO3/c2-1(3,4)5/h3-5H. The van der Waals surface area contributed by atoms with Crippen molar-refractivity contribution in [2.45, 2.75) is 4.81 Å². The van der Waals surface area contributed by atoms with Gasteiger partial charge >= 0.3 is 36.6 Å². The molecule has 3 radical (unpaired) electrons. The van der Waals surface area contributed by atoms with Crippen LogP contribution in [0.2, 0.25) is 0 Å². The number of hydrogen-bond donors (Lipinski definition) is 3. The first kappa shape index (κ1) is 5.42. The Morgan fingerprint density at radius 2 is 1.20 bits per heavy atom. The van der Waals surface area contributed by atoms with Crippen molar-refractivity contribution in [3.63, 3.8) is 0 Å². The van der Waals surface area contributed by atoms with Crippen LogP contribution in [0.4, 0.5) is 0 Å². The van der Waals surface area contributed by atoms with Crippen molar-refractivity contribution in [1.29, 1.82) is 0 Å². The Bertz CT molecular complexity index is 22.4. The molecule has 5 heavy (non-hydrogen) atoms. The van der Waals surface area contributed by atoms with E-state index < -0.39 is 4.81 Å². The number of hydrogen-bond acceptors (Lipinski definition) is 3. The molecule has 0 amide bonds. The average molecular weight is 136 g/mol. The topological polar surface area (TPSA) is 60.7 Å². The SMILES string of the molecule is O[C](O)(O)[Ge]. The molecule has 3 N–H and O–H groups in total. The second kappa shape index (κ2) is 1.26. The third kappa shape index (κ3) is 145. The minimum absolute atomic E-state index is 0.854. The molecule has 0 aliphatic carbocycles. The zero-order chi connectivity index (χ0) is 4.50. The van der Waals surface area contributed by atoms with Gasteiger partial charge in [-0.1, -0.05) is 0 Å². The monoisotopic (exact) mass is 137 g/mol. The third-order valence-electron chi connectivity index (χ3n) is 0. The van der Waals surface area contributed by atoms with Crippen LogP contribution in [0.25, 0.3) is 0 Å². The second-order valence-electron chi connectivity index (χ2n) is 0.635. The van der Waals surface area contributed by atoms with Crippen LogP contribution in [0.15, 0.2) is 0 Å². The van der Waals surface area contributed by atoms with Crippen LogP contribution >= 0.6 is 0 Å². The summed E-state index contributed by atoms with van der Waals surface area (Å²) in [6.45, 7) is 0. The molecule has 0 saturated heterocycles.